The number of rotatable bonds is 5. The summed E-state index contributed by atoms with van der Waals surface area (Å²) >= 11 is 6.06. The summed E-state index contributed by atoms with van der Waals surface area (Å²) in [7, 11) is -4.24. The van der Waals surface area contributed by atoms with Crippen LogP contribution in [0.3, 0.4) is 0 Å². The molecule has 0 saturated carbocycles. The smallest absolute Gasteiger partial charge is 0.261 e. The van der Waals surface area contributed by atoms with Gasteiger partial charge in [0.15, 0.2) is 0 Å². The molecule has 164 valence electrons. The van der Waals surface area contributed by atoms with E-state index < -0.39 is 27.0 Å². The van der Waals surface area contributed by atoms with Crippen LogP contribution < -0.4 is 5.32 Å². The lowest BCUT2D eigenvalue weighted by atomic mass is 10.2. The average Bonchev–Trinajstić information content (AvgIpc) is 2.77. The van der Waals surface area contributed by atoms with Crippen LogP contribution in [0.1, 0.15) is 17.3 Å². The summed E-state index contributed by atoms with van der Waals surface area (Å²) in [5.74, 6) is -1.65. The Morgan fingerprint density at radius 2 is 1.45 bits per heavy atom. The molecule has 3 amide bonds. The van der Waals surface area contributed by atoms with Gasteiger partial charge in [0.1, 0.15) is 0 Å². The Kier molecular flexibility index (Phi) is 6.97. The molecule has 3 rings (SSSR count). The second-order valence-electron chi connectivity index (χ2n) is 7.02. The van der Waals surface area contributed by atoms with Gasteiger partial charge in [-0.05, 0) is 24.3 Å². The van der Waals surface area contributed by atoms with Gasteiger partial charge in [-0.1, -0.05) is 41.9 Å². The van der Waals surface area contributed by atoms with Crippen molar-refractivity contribution in [3.63, 3.8) is 0 Å². The summed E-state index contributed by atoms with van der Waals surface area (Å²) in [5.41, 5.74) is 0.0617. The van der Waals surface area contributed by atoms with Gasteiger partial charge in [0.2, 0.25) is 21.1 Å². The number of carbonyl (C=O) groups excluding carboxylic acids is 3. The Morgan fingerprint density at radius 1 is 0.903 bits per heavy atom. The molecule has 0 unspecified atom stereocenters. The zero-order valence-electron chi connectivity index (χ0n) is 16.8. The maximum atomic E-state index is 13.3. The highest BCUT2D eigenvalue weighted by molar-refractivity contribution is 7.92. The molecule has 31 heavy (non-hydrogen) atoms. The summed E-state index contributed by atoms with van der Waals surface area (Å²) in [6.45, 7) is 2.35. The molecule has 0 aromatic heterocycles. The SMILES string of the molecule is CC(=O)N1CCN(C(=O)[C@@H](NC(=O)c2ccccc2Cl)S(=O)(=O)c2ccccc2)CC1. The van der Waals surface area contributed by atoms with E-state index in [0.29, 0.717) is 0 Å². The first-order chi connectivity index (χ1) is 14.7. The van der Waals surface area contributed by atoms with Gasteiger partial charge in [-0.3, -0.25) is 14.4 Å². The number of nitrogens with one attached hydrogen (secondary N) is 1. The van der Waals surface area contributed by atoms with E-state index in [1.54, 1.807) is 23.1 Å². The van der Waals surface area contributed by atoms with Gasteiger partial charge in [-0.2, -0.15) is 0 Å². The van der Waals surface area contributed by atoms with Crippen LogP contribution in [0.15, 0.2) is 59.5 Å². The van der Waals surface area contributed by atoms with Crippen molar-refractivity contribution in [2.75, 3.05) is 26.2 Å². The van der Waals surface area contributed by atoms with Crippen LogP contribution in [0.4, 0.5) is 0 Å². The zero-order chi connectivity index (χ0) is 22.6. The van der Waals surface area contributed by atoms with E-state index in [-0.39, 0.29) is 47.6 Å². The number of sulfone groups is 1. The molecule has 1 fully saturated rings. The Morgan fingerprint density at radius 3 is 2.03 bits per heavy atom. The molecule has 0 bridgehead atoms. The van der Waals surface area contributed by atoms with Gasteiger partial charge >= 0.3 is 0 Å². The lowest BCUT2D eigenvalue weighted by Crippen LogP contribution is -2.57. The minimum atomic E-state index is -4.24. The van der Waals surface area contributed by atoms with Gasteiger partial charge in [-0.15, -0.1) is 0 Å². The molecule has 2 aromatic rings. The molecule has 1 saturated heterocycles. The fourth-order valence-corrected chi connectivity index (χ4v) is 4.97. The van der Waals surface area contributed by atoms with Gasteiger partial charge in [0.05, 0.1) is 15.5 Å². The van der Waals surface area contributed by atoms with Crippen molar-refractivity contribution in [3.05, 3.63) is 65.2 Å². The first kappa shape index (κ1) is 22.8. The van der Waals surface area contributed by atoms with Gasteiger partial charge in [-0.25, -0.2) is 8.42 Å². The maximum absolute atomic E-state index is 13.3. The number of benzene rings is 2. The number of hydrogen-bond acceptors (Lipinski definition) is 5. The monoisotopic (exact) mass is 463 g/mol. The van der Waals surface area contributed by atoms with Crippen LogP contribution in [0.5, 0.6) is 0 Å². The van der Waals surface area contributed by atoms with Crippen LogP contribution in [0.2, 0.25) is 5.02 Å². The van der Waals surface area contributed by atoms with Crippen LogP contribution in [0, 0.1) is 0 Å². The molecule has 10 heteroatoms. The molecule has 1 aliphatic heterocycles. The predicted molar refractivity (Wildman–Crippen MR) is 115 cm³/mol. The summed E-state index contributed by atoms with van der Waals surface area (Å²) in [5, 5.41) is 0.667. The third-order valence-electron chi connectivity index (χ3n) is 5.02. The first-order valence-corrected chi connectivity index (χ1v) is 11.5. The fourth-order valence-electron chi connectivity index (χ4n) is 3.27. The molecular weight excluding hydrogens is 442 g/mol. The second kappa shape index (κ2) is 9.49. The Labute approximate surface area is 185 Å². The molecule has 0 radical (unpaired) electrons. The minimum absolute atomic E-state index is 0.0617. The summed E-state index contributed by atoms with van der Waals surface area (Å²) in [6, 6.07) is 13.6. The molecule has 1 N–H and O–H groups in total. The van der Waals surface area contributed by atoms with Crippen molar-refractivity contribution < 1.29 is 22.8 Å². The van der Waals surface area contributed by atoms with E-state index in [1.807, 2.05) is 0 Å². The number of carbonyl (C=O) groups is 3. The highest BCUT2D eigenvalue weighted by atomic mass is 35.5. The summed E-state index contributed by atoms with van der Waals surface area (Å²) in [4.78, 5) is 40.4. The van der Waals surface area contributed by atoms with Gasteiger partial charge in [0.25, 0.3) is 11.8 Å². The summed E-state index contributed by atoms with van der Waals surface area (Å²) in [6.07, 6.45) is 0. The quantitative estimate of drug-likeness (QED) is 0.724. The standard InChI is InChI=1S/C21H22ClN3O5S/c1-15(26)24-11-13-25(14-12-24)21(28)20(31(29,30)16-7-3-2-4-8-16)23-19(27)17-9-5-6-10-18(17)22/h2-10,20H,11-14H2,1H3,(H,23,27)/t20-/m0/s1. The fraction of sp³-hybridized carbons (Fsp3) is 0.286. The molecule has 0 spiro atoms. The number of nitrogens with zero attached hydrogens (tertiary/aromatic N) is 2. The maximum Gasteiger partial charge on any atom is 0.261 e. The van der Waals surface area contributed by atoms with Crippen molar-refractivity contribution in [3.8, 4) is 0 Å². The Bertz CT molecular complexity index is 1080. The lowest BCUT2D eigenvalue weighted by molar-refractivity contribution is -0.138. The van der Waals surface area contributed by atoms with Gasteiger partial charge in [0, 0.05) is 33.1 Å². The highest BCUT2D eigenvalue weighted by Crippen LogP contribution is 2.20. The average molecular weight is 464 g/mol. The molecule has 1 aliphatic rings. The molecular formula is C21H22ClN3O5S. The van der Waals surface area contributed by atoms with E-state index in [0.717, 1.165) is 0 Å². The molecule has 1 atom stereocenters. The van der Waals surface area contributed by atoms with E-state index in [4.69, 9.17) is 11.6 Å². The largest absolute Gasteiger partial charge is 0.339 e. The van der Waals surface area contributed by atoms with Crippen LogP contribution in [-0.2, 0) is 19.4 Å². The Balaban J connectivity index is 1.91. The molecule has 8 nitrogen and oxygen atoms in total. The van der Waals surface area contributed by atoms with Crippen LogP contribution in [-0.4, -0.2) is 67.5 Å². The number of halogens is 1. The van der Waals surface area contributed by atoms with Crippen molar-refractivity contribution in [1.29, 1.82) is 0 Å². The van der Waals surface area contributed by atoms with Gasteiger partial charge < -0.3 is 15.1 Å². The van der Waals surface area contributed by atoms with Crippen LogP contribution >= 0.6 is 11.6 Å². The predicted octanol–water partition coefficient (Wildman–Crippen LogP) is 1.56. The highest BCUT2D eigenvalue weighted by Gasteiger charge is 2.39. The topological polar surface area (TPSA) is 104 Å². The van der Waals surface area contributed by atoms with Crippen molar-refractivity contribution >= 4 is 39.2 Å². The second-order valence-corrected chi connectivity index (χ2v) is 9.46. The van der Waals surface area contributed by atoms with Crippen molar-refractivity contribution in [2.24, 2.45) is 0 Å². The number of amides is 3. The van der Waals surface area contributed by atoms with E-state index >= 15 is 0 Å². The van der Waals surface area contributed by atoms with E-state index in [9.17, 15) is 22.8 Å². The first-order valence-electron chi connectivity index (χ1n) is 9.60. The number of piperazine rings is 1. The number of hydrogen-bond donors (Lipinski definition) is 1. The lowest BCUT2D eigenvalue weighted by Gasteiger charge is -2.36. The third-order valence-corrected chi connectivity index (χ3v) is 7.22. The van der Waals surface area contributed by atoms with Crippen molar-refractivity contribution in [2.45, 2.75) is 17.2 Å². The zero-order valence-corrected chi connectivity index (χ0v) is 18.4. The normalized spacial score (nSPS) is 15.3. The van der Waals surface area contributed by atoms with E-state index in [2.05, 4.69) is 5.32 Å². The Hall–Kier alpha value is -2.91. The molecule has 2 aromatic carbocycles. The minimum Gasteiger partial charge on any atom is -0.339 e. The molecule has 0 aliphatic carbocycles. The van der Waals surface area contributed by atoms with Crippen LogP contribution in [0.25, 0.3) is 0 Å². The van der Waals surface area contributed by atoms with Crippen molar-refractivity contribution in [1.82, 2.24) is 15.1 Å². The summed E-state index contributed by atoms with van der Waals surface area (Å²) < 4.78 is 26.6. The van der Waals surface area contributed by atoms with E-state index in [1.165, 1.54) is 48.2 Å². The third kappa shape index (κ3) is 5.05. The molecule has 1 heterocycles.